The van der Waals surface area contributed by atoms with Gasteiger partial charge in [0.05, 0.1) is 24.2 Å². The minimum absolute atomic E-state index is 0. The van der Waals surface area contributed by atoms with Gasteiger partial charge in [-0.1, -0.05) is 28.9 Å². The molecule has 1 saturated heterocycles. The first-order valence-electron chi connectivity index (χ1n) is 9.43. The summed E-state index contributed by atoms with van der Waals surface area (Å²) in [7, 11) is 0. The fraction of sp³-hybridized carbons (Fsp3) is 0.273. The average Bonchev–Trinajstić information content (AvgIpc) is 3.17. The minimum atomic E-state index is 0. The Kier molecular flexibility index (Phi) is 7.72. The molecule has 0 atom stereocenters. The van der Waals surface area contributed by atoms with Crippen LogP contribution in [-0.2, 0) is 4.74 Å². The molecule has 1 aliphatic heterocycles. The average molecular weight is 446 g/mol. The maximum absolute atomic E-state index is 9.61. The third-order valence-electron chi connectivity index (χ3n) is 4.78. The van der Waals surface area contributed by atoms with Crippen LogP contribution in [0.25, 0.3) is 22.6 Å². The molecule has 0 spiro atoms. The van der Waals surface area contributed by atoms with Gasteiger partial charge in [0.2, 0.25) is 0 Å². The Morgan fingerprint density at radius 1 is 1.20 bits per heavy atom. The number of nitrogens with zero attached hydrogens (tertiary/aromatic N) is 3. The molecule has 0 unspecified atom stereocenters. The number of aromatic nitrogens is 1. The van der Waals surface area contributed by atoms with Gasteiger partial charge in [0.25, 0.3) is 0 Å². The van der Waals surface area contributed by atoms with Gasteiger partial charge in [0.15, 0.2) is 5.58 Å². The van der Waals surface area contributed by atoms with Crippen molar-refractivity contribution in [3.05, 3.63) is 58.7 Å². The zero-order valence-electron chi connectivity index (χ0n) is 16.2. The van der Waals surface area contributed by atoms with E-state index in [4.69, 9.17) is 25.6 Å². The van der Waals surface area contributed by atoms with Gasteiger partial charge in [-0.3, -0.25) is 4.90 Å². The molecule has 6 nitrogen and oxygen atoms in total. The molecule has 2 heterocycles. The lowest BCUT2D eigenvalue weighted by Crippen LogP contribution is -2.38. The van der Waals surface area contributed by atoms with Crippen molar-refractivity contribution in [3.8, 4) is 11.8 Å². The number of fused-ring (bicyclic) bond motifs is 1. The molecule has 4 rings (SSSR count). The normalized spacial score (nSPS) is 14.9. The second-order valence-electron chi connectivity index (χ2n) is 6.71. The number of hydrogen-bond acceptors (Lipinski definition) is 6. The van der Waals surface area contributed by atoms with Gasteiger partial charge < -0.3 is 14.0 Å². The summed E-state index contributed by atoms with van der Waals surface area (Å²) < 4.78 is 16.5. The number of benzene rings is 2. The summed E-state index contributed by atoms with van der Waals surface area (Å²) in [6.45, 7) is 4.98. The van der Waals surface area contributed by atoms with E-state index in [-0.39, 0.29) is 12.4 Å². The Morgan fingerprint density at radius 3 is 2.70 bits per heavy atom. The summed E-state index contributed by atoms with van der Waals surface area (Å²) in [4.78, 5) is 2.33. The van der Waals surface area contributed by atoms with Crippen molar-refractivity contribution in [1.29, 1.82) is 5.26 Å². The predicted octanol–water partition coefficient (Wildman–Crippen LogP) is 4.68. The molecule has 0 bridgehead atoms. The molecule has 1 fully saturated rings. The topological polar surface area (TPSA) is 71.5 Å². The highest BCUT2D eigenvalue weighted by Crippen LogP contribution is 2.28. The Hall–Kier alpha value is -2.56. The van der Waals surface area contributed by atoms with E-state index in [1.54, 1.807) is 24.3 Å². The SMILES string of the molecule is Cl.N#C/C(=C\c1ccc(OCCN2CCOCC2)cc1)c1noc2ccc(Cl)cc12. The molecule has 1 aromatic heterocycles. The van der Waals surface area contributed by atoms with Crippen LogP contribution >= 0.6 is 24.0 Å². The van der Waals surface area contributed by atoms with E-state index in [0.717, 1.165) is 44.2 Å². The maximum atomic E-state index is 9.61. The first-order valence-corrected chi connectivity index (χ1v) is 9.81. The lowest BCUT2D eigenvalue weighted by atomic mass is 10.1. The monoisotopic (exact) mass is 445 g/mol. The molecule has 30 heavy (non-hydrogen) atoms. The summed E-state index contributed by atoms with van der Waals surface area (Å²) in [5.74, 6) is 0.799. The van der Waals surface area contributed by atoms with Gasteiger partial charge in [0.1, 0.15) is 24.1 Å². The number of morpholine rings is 1. The van der Waals surface area contributed by atoms with Crippen molar-refractivity contribution >= 4 is 46.6 Å². The van der Waals surface area contributed by atoms with E-state index in [9.17, 15) is 5.26 Å². The van der Waals surface area contributed by atoms with E-state index in [1.165, 1.54) is 0 Å². The van der Waals surface area contributed by atoms with Crippen LogP contribution < -0.4 is 4.74 Å². The van der Waals surface area contributed by atoms with Gasteiger partial charge in [0, 0.05) is 24.7 Å². The van der Waals surface area contributed by atoms with E-state index >= 15 is 0 Å². The highest BCUT2D eigenvalue weighted by Gasteiger charge is 2.13. The fourth-order valence-corrected chi connectivity index (χ4v) is 3.38. The third kappa shape index (κ3) is 5.32. The molecule has 0 radical (unpaired) electrons. The molecule has 3 aromatic rings. The summed E-state index contributed by atoms with van der Waals surface area (Å²) in [6, 6.07) is 15.0. The van der Waals surface area contributed by atoms with Crippen LogP contribution in [-0.4, -0.2) is 49.5 Å². The maximum Gasteiger partial charge on any atom is 0.167 e. The molecule has 2 aromatic carbocycles. The predicted molar refractivity (Wildman–Crippen MR) is 119 cm³/mol. The lowest BCUT2D eigenvalue weighted by Gasteiger charge is -2.26. The van der Waals surface area contributed by atoms with Crippen LogP contribution in [0.2, 0.25) is 5.02 Å². The zero-order valence-corrected chi connectivity index (χ0v) is 17.8. The van der Waals surface area contributed by atoms with Crippen LogP contribution in [0.15, 0.2) is 47.0 Å². The molecule has 8 heteroatoms. The fourth-order valence-electron chi connectivity index (χ4n) is 3.20. The van der Waals surface area contributed by atoms with Crippen LogP contribution in [0.3, 0.4) is 0 Å². The molecular formula is C22H21Cl2N3O3. The van der Waals surface area contributed by atoms with Gasteiger partial charge in [-0.05, 0) is 42.0 Å². The first-order chi connectivity index (χ1) is 14.2. The van der Waals surface area contributed by atoms with Gasteiger partial charge in [-0.15, -0.1) is 12.4 Å². The number of hydrogen-bond donors (Lipinski definition) is 0. The third-order valence-corrected chi connectivity index (χ3v) is 5.01. The number of allylic oxidation sites excluding steroid dienone is 1. The van der Waals surface area contributed by atoms with Gasteiger partial charge >= 0.3 is 0 Å². The molecule has 0 N–H and O–H groups in total. The molecule has 1 aliphatic rings. The number of rotatable bonds is 6. The highest BCUT2D eigenvalue weighted by molar-refractivity contribution is 6.31. The van der Waals surface area contributed by atoms with E-state index < -0.39 is 0 Å². The molecule has 0 aliphatic carbocycles. The second-order valence-corrected chi connectivity index (χ2v) is 7.15. The summed E-state index contributed by atoms with van der Waals surface area (Å²) in [5.41, 5.74) is 2.36. The number of ether oxygens (including phenoxy) is 2. The Bertz CT molecular complexity index is 1050. The highest BCUT2D eigenvalue weighted by atomic mass is 35.5. The number of nitriles is 1. The second kappa shape index (κ2) is 10.5. The quantitative estimate of drug-likeness (QED) is 0.512. The van der Waals surface area contributed by atoms with E-state index in [2.05, 4.69) is 16.1 Å². The molecule has 0 amide bonds. The van der Waals surface area contributed by atoms with Crippen molar-refractivity contribution in [2.45, 2.75) is 0 Å². The van der Waals surface area contributed by atoms with Crippen LogP contribution in [0.5, 0.6) is 5.75 Å². The largest absolute Gasteiger partial charge is 0.492 e. The Balaban J connectivity index is 0.00000256. The van der Waals surface area contributed by atoms with Gasteiger partial charge in [-0.2, -0.15) is 5.26 Å². The summed E-state index contributed by atoms with van der Waals surface area (Å²) in [6.07, 6.45) is 1.77. The molecule has 156 valence electrons. The van der Waals surface area contributed by atoms with Crippen molar-refractivity contribution in [3.63, 3.8) is 0 Å². The lowest BCUT2D eigenvalue weighted by molar-refractivity contribution is 0.0322. The standard InChI is InChI=1S/C22H20ClN3O3.ClH/c23-18-3-6-21-20(14-18)22(25-29-21)17(15-24)13-16-1-4-19(5-2-16)28-12-9-26-7-10-27-11-8-26;/h1-6,13-14H,7-12H2;1H/b17-13+;. The van der Waals surface area contributed by atoms with E-state index in [1.807, 2.05) is 24.3 Å². The van der Waals surface area contributed by atoms with Gasteiger partial charge in [-0.25, -0.2) is 0 Å². The van der Waals surface area contributed by atoms with Crippen molar-refractivity contribution in [2.75, 3.05) is 39.5 Å². The summed E-state index contributed by atoms with van der Waals surface area (Å²) in [5, 5.41) is 14.9. The smallest absolute Gasteiger partial charge is 0.167 e. The van der Waals surface area contributed by atoms with Crippen LogP contribution in [0.4, 0.5) is 0 Å². The summed E-state index contributed by atoms with van der Waals surface area (Å²) >= 11 is 6.07. The van der Waals surface area contributed by atoms with Crippen LogP contribution in [0.1, 0.15) is 11.3 Å². The van der Waals surface area contributed by atoms with Crippen LogP contribution in [0, 0.1) is 11.3 Å². The van der Waals surface area contributed by atoms with Crippen molar-refractivity contribution < 1.29 is 14.0 Å². The van der Waals surface area contributed by atoms with E-state index in [0.29, 0.717) is 33.9 Å². The molecule has 0 saturated carbocycles. The first kappa shape index (κ1) is 22.1. The minimum Gasteiger partial charge on any atom is -0.492 e. The Labute approximate surface area is 186 Å². The van der Waals surface area contributed by atoms with Crippen molar-refractivity contribution in [1.82, 2.24) is 10.1 Å². The van der Waals surface area contributed by atoms with Crippen molar-refractivity contribution in [2.24, 2.45) is 0 Å². The molecular weight excluding hydrogens is 425 g/mol. The zero-order chi connectivity index (χ0) is 20.1. The Morgan fingerprint density at radius 2 is 1.97 bits per heavy atom. The number of halogens is 2.